The van der Waals surface area contributed by atoms with Crippen molar-refractivity contribution in [1.29, 1.82) is 0 Å². The van der Waals surface area contributed by atoms with Gasteiger partial charge in [0.05, 0.1) is 5.69 Å². The molecular weight excluding hydrogens is 583 g/mol. The molecule has 0 N–H and O–H groups in total. The highest BCUT2D eigenvalue weighted by molar-refractivity contribution is 6.10. The van der Waals surface area contributed by atoms with Gasteiger partial charge in [-0.25, -0.2) is 0 Å². The van der Waals surface area contributed by atoms with Gasteiger partial charge in [0.2, 0.25) is 0 Å². The fourth-order valence-electron chi connectivity index (χ4n) is 6.95. The molecule has 0 aromatic heterocycles. The van der Waals surface area contributed by atoms with Crippen LogP contribution in [0.2, 0.25) is 0 Å². The highest BCUT2D eigenvalue weighted by Crippen LogP contribution is 2.53. The third kappa shape index (κ3) is 4.92. The number of benzene rings is 8. The van der Waals surface area contributed by atoms with E-state index in [0.717, 1.165) is 44.9 Å². The SMILES string of the molecule is c1ccc(-c2ccc(N(c3ccc(-c4ccccc4)cc3)c3cccc4c3-c3cc(-c5ccccc5)cc5cccc(c35)O4)cc2)cc1. The van der Waals surface area contributed by atoms with Gasteiger partial charge in [-0.2, -0.15) is 0 Å². The lowest BCUT2D eigenvalue weighted by molar-refractivity contribution is 0.487. The maximum absolute atomic E-state index is 6.68. The molecule has 0 fully saturated rings. The first kappa shape index (κ1) is 27.9. The molecule has 8 aromatic carbocycles. The van der Waals surface area contributed by atoms with Gasteiger partial charge in [0, 0.05) is 22.3 Å². The van der Waals surface area contributed by atoms with Gasteiger partial charge in [-0.1, -0.05) is 133 Å². The van der Waals surface area contributed by atoms with E-state index < -0.39 is 0 Å². The van der Waals surface area contributed by atoms with Crippen LogP contribution in [0.3, 0.4) is 0 Å². The van der Waals surface area contributed by atoms with Crippen LogP contribution in [0.1, 0.15) is 0 Å². The first-order valence-corrected chi connectivity index (χ1v) is 16.3. The minimum absolute atomic E-state index is 0.851. The fourth-order valence-corrected chi connectivity index (χ4v) is 6.95. The molecule has 48 heavy (non-hydrogen) atoms. The third-order valence-corrected chi connectivity index (χ3v) is 9.25. The zero-order valence-electron chi connectivity index (χ0n) is 26.3. The van der Waals surface area contributed by atoms with Crippen molar-refractivity contribution in [2.45, 2.75) is 0 Å². The third-order valence-electron chi connectivity index (χ3n) is 9.25. The van der Waals surface area contributed by atoms with E-state index in [1.54, 1.807) is 0 Å². The van der Waals surface area contributed by atoms with Crippen molar-refractivity contribution < 1.29 is 4.74 Å². The molecule has 9 rings (SSSR count). The molecule has 0 amide bonds. The Morgan fingerprint density at radius 2 is 0.833 bits per heavy atom. The minimum Gasteiger partial charge on any atom is -0.456 e. The van der Waals surface area contributed by atoms with E-state index in [1.165, 1.54) is 38.9 Å². The van der Waals surface area contributed by atoms with Crippen LogP contribution in [0.5, 0.6) is 11.5 Å². The summed E-state index contributed by atoms with van der Waals surface area (Å²) in [4.78, 5) is 2.36. The molecule has 0 bridgehead atoms. The number of ether oxygens (including phenoxy) is 1. The van der Waals surface area contributed by atoms with Crippen LogP contribution < -0.4 is 9.64 Å². The summed E-state index contributed by atoms with van der Waals surface area (Å²) >= 11 is 0. The molecule has 226 valence electrons. The average molecular weight is 614 g/mol. The van der Waals surface area contributed by atoms with E-state index in [4.69, 9.17) is 4.74 Å². The summed E-state index contributed by atoms with van der Waals surface area (Å²) in [6.07, 6.45) is 0. The predicted octanol–water partition coefficient (Wildman–Crippen LogP) is 13.1. The second kappa shape index (κ2) is 11.8. The Bertz CT molecular complexity index is 2300. The normalized spacial score (nSPS) is 11.5. The van der Waals surface area contributed by atoms with Gasteiger partial charge in [0.1, 0.15) is 11.5 Å². The molecule has 2 heteroatoms. The van der Waals surface area contributed by atoms with Gasteiger partial charge in [-0.05, 0) is 98.9 Å². The van der Waals surface area contributed by atoms with Crippen molar-refractivity contribution in [3.8, 4) is 56.0 Å². The van der Waals surface area contributed by atoms with Crippen molar-refractivity contribution in [3.63, 3.8) is 0 Å². The zero-order valence-corrected chi connectivity index (χ0v) is 26.3. The van der Waals surface area contributed by atoms with E-state index in [2.05, 4.69) is 193 Å². The molecule has 0 saturated heterocycles. The van der Waals surface area contributed by atoms with Crippen LogP contribution in [0.25, 0.3) is 55.3 Å². The molecule has 1 aliphatic rings. The van der Waals surface area contributed by atoms with Gasteiger partial charge in [-0.3, -0.25) is 0 Å². The van der Waals surface area contributed by atoms with Crippen molar-refractivity contribution in [3.05, 3.63) is 188 Å². The number of nitrogens with zero attached hydrogens (tertiary/aromatic N) is 1. The standard InChI is InChI=1S/C46H31NO/c1-4-12-32(13-5-1)35-22-26-39(27-23-35)47(40-28-24-36(25-29-40)33-14-6-2-7-15-33)42-19-11-21-44-46(42)41-31-38(34-16-8-3-9-17-34)30-37-18-10-20-43(48-44)45(37)41/h1-31H. The Morgan fingerprint density at radius 1 is 0.354 bits per heavy atom. The van der Waals surface area contributed by atoms with E-state index in [9.17, 15) is 0 Å². The molecule has 1 heterocycles. The number of anilines is 3. The average Bonchev–Trinajstić information content (AvgIpc) is 3.16. The smallest absolute Gasteiger partial charge is 0.137 e. The van der Waals surface area contributed by atoms with E-state index in [1.807, 2.05) is 0 Å². The number of hydrogen-bond donors (Lipinski definition) is 0. The lowest BCUT2D eigenvalue weighted by Crippen LogP contribution is -2.12. The molecule has 0 radical (unpaired) electrons. The number of rotatable bonds is 6. The lowest BCUT2D eigenvalue weighted by Gasteiger charge is -2.31. The highest BCUT2D eigenvalue weighted by Gasteiger charge is 2.27. The molecule has 0 spiro atoms. The maximum Gasteiger partial charge on any atom is 0.137 e. The van der Waals surface area contributed by atoms with Crippen molar-refractivity contribution in [2.24, 2.45) is 0 Å². The lowest BCUT2D eigenvalue weighted by atomic mass is 9.89. The van der Waals surface area contributed by atoms with Crippen molar-refractivity contribution >= 4 is 27.8 Å². The summed E-state index contributed by atoms with van der Waals surface area (Å²) in [6, 6.07) is 66.8. The predicted molar refractivity (Wildman–Crippen MR) is 200 cm³/mol. The molecule has 0 unspecified atom stereocenters. The minimum atomic E-state index is 0.851. The maximum atomic E-state index is 6.68. The summed E-state index contributed by atoms with van der Waals surface area (Å²) in [5.41, 5.74) is 12.6. The van der Waals surface area contributed by atoms with Crippen LogP contribution in [0.15, 0.2) is 188 Å². The highest BCUT2D eigenvalue weighted by atomic mass is 16.5. The zero-order chi connectivity index (χ0) is 31.9. The summed E-state index contributed by atoms with van der Waals surface area (Å²) in [5, 5.41) is 2.30. The van der Waals surface area contributed by atoms with Gasteiger partial charge in [0.25, 0.3) is 0 Å². The van der Waals surface area contributed by atoms with E-state index in [-0.39, 0.29) is 0 Å². The molecule has 2 nitrogen and oxygen atoms in total. The van der Waals surface area contributed by atoms with Gasteiger partial charge in [0.15, 0.2) is 0 Å². The largest absolute Gasteiger partial charge is 0.456 e. The van der Waals surface area contributed by atoms with E-state index >= 15 is 0 Å². The van der Waals surface area contributed by atoms with Crippen LogP contribution in [0, 0.1) is 0 Å². The summed E-state index contributed by atoms with van der Waals surface area (Å²) in [7, 11) is 0. The molecule has 1 aliphatic heterocycles. The van der Waals surface area contributed by atoms with Gasteiger partial charge >= 0.3 is 0 Å². The molecule has 0 aliphatic carbocycles. The Kier molecular flexibility index (Phi) is 6.84. The summed E-state index contributed by atoms with van der Waals surface area (Å²) in [5.74, 6) is 1.74. The van der Waals surface area contributed by atoms with Crippen LogP contribution in [0.4, 0.5) is 17.1 Å². The quantitative estimate of drug-likeness (QED) is 0.185. The first-order chi connectivity index (χ1) is 23.8. The monoisotopic (exact) mass is 613 g/mol. The summed E-state index contributed by atoms with van der Waals surface area (Å²) in [6.45, 7) is 0. The van der Waals surface area contributed by atoms with E-state index in [0.29, 0.717) is 0 Å². The molecule has 8 aromatic rings. The Hall–Kier alpha value is -6.38. The fraction of sp³-hybridized carbons (Fsp3) is 0. The second-order valence-electron chi connectivity index (χ2n) is 12.2. The number of hydrogen-bond acceptors (Lipinski definition) is 2. The Morgan fingerprint density at radius 3 is 1.40 bits per heavy atom. The topological polar surface area (TPSA) is 12.5 Å². The van der Waals surface area contributed by atoms with Gasteiger partial charge in [-0.15, -0.1) is 0 Å². The molecule has 0 saturated carbocycles. The Balaban J connectivity index is 1.25. The van der Waals surface area contributed by atoms with Crippen molar-refractivity contribution in [1.82, 2.24) is 0 Å². The first-order valence-electron chi connectivity index (χ1n) is 16.3. The van der Waals surface area contributed by atoms with Crippen LogP contribution >= 0.6 is 0 Å². The number of fused-ring (bicyclic) bond motifs is 2. The van der Waals surface area contributed by atoms with Crippen molar-refractivity contribution in [2.75, 3.05) is 4.90 Å². The van der Waals surface area contributed by atoms with Gasteiger partial charge < -0.3 is 9.64 Å². The Labute approximate surface area is 280 Å². The molecular formula is C46H31NO. The molecule has 0 atom stereocenters. The summed E-state index contributed by atoms with van der Waals surface area (Å²) < 4.78 is 6.68. The second-order valence-corrected chi connectivity index (χ2v) is 12.2. The van der Waals surface area contributed by atoms with Crippen LogP contribution in [-0.2, 0) is 0 Å². The van der Waals surface area contributed by atoms with Crippen LogP contribution in [-0.4, -0.2) is 0 Å².